The summed E-state index contributed by atoms with van der Waals surface area (Å²) in [7, 11) is 0. The molecule has 1 amide bonds. The van der Waals surface area contributed by atoms with E-state index >= 15 is 0 Å². The van der Waals surface area contributed by atoms with E-state index < -0.39 is 0 Å². The normalized spacial score (nSPS) is 16.6. The first kappa shape index (κ1) is 19.8. The summed E-state index contributed by atoms with van der Waals surface area (Å²) in [5.74, 6) is 0.769. The molecule has 0 spiro atoms. The molecule has 1 aliphatic rings. The first-order valence-electron chi connectivity index (χ1n) is 10.2. The van der Waals surface area contributed by atoms with Crippen LogP contribution in [0.4, 0.5) is 0 Å². The van der Waals surface area contributed by atoms with Crippen LogP contribution in [-0.4, -0.2) is 45.2 Å². The SMILES string of the molecule is CC1CCN([C@H](CNC(=O)c2ccc(Cn3cncn3)cc2)c2cccs2)CC1. The standard InChI is InChI=1S/C22H27N5OS/c1-17-8-10-26(11-9-17)20(21-3-2-12-29-21)13-24-22(28)19-6-4-18(5-7-19)14-27-16-23-15-25-27/h2-7,12,15-17,20H,8-11,13-14H2,1H3,(H,24,28)/t20-/m1/s1. The predicted molar refractivity (Wildman–Crippen MR) is 115 cm³/mol. The number of piperidine rings is 1. The smallest absolute Gasteiger partial charge is 0.251 e. The Morgan fingerprint density at radius 3 is 2.69 bits per heavy atom. The lowest BCUT2D eigenvalue weighted by molar-refractivity contribution is 0.0915. The maximum atomic E-state index is 12.7. The molecule has 2 aromatic heterocycles. The van der Waals surface area contributed by atoms with Gasteiger partial charge in [-0.25, -0.2) is 9.67 Å². The number of benzene rings is 1. The highest BCUT2D eigenvalue weighted by Gasteiger charge is 2.25. The minimum Gasteiger partial charge on any atom is -0.350 e. The average Bonchev–Trinajstić information content (AvgIpc) is 3.44. The lowest BCUT2D eigenvalue weighted by Crippen LogP contribution is -2.41. The van der Waals surface area contributed by atoms with E-state index in [4.69, 9.17) is 0 Å². The molecule has 1 fully saturated rings. The van der Waals surface area contributed by atoms with E-state index in [0.29, 0.717) is 18.7 Å². The fourth-order valence-electron chi connectivity index (χ4n) is 3.79. The first-order chi connectivity index (χ1) is 14.2. The van der Waals surface area contributed by atoms with Gasteiger partial charge in [0.15, 0.2) is 0 Å². The van der Waals surface area contributed by atoms with Crippen molar-refractivity contribution in [3.63, 3.8) is 0 Å². The molecule has 1 atom stereocenters. The van der Waals surface area contributed by atoms with Crippen molar-refractivity contribution in [2.45, 2.75) is 32.4 Å². The van der Waals surface area contributed by atoms with Crippen molar-refractivity contribution in [2.24, 2.45) is 5.92 Å². The van der Waals surface area contributed by atoms with Crippen LogP contribution in [0.1, 0.15) is 46.6 Å². The molecule has 1 aromatic carbocycles. The summed E-state index contributed by atoms with van der Waals surface area (Å²) < 4.78 is 1.76. The van der Waals surface area contributed by atoms with Crippen LogP contribution in [0.3, 0.4) is 0 Å². The van der Waals surface area contributed by atoms with Crippen LogP contribution in [-0.2, 0) is 6.54 Å². The largest absolute Gasteiger partial charge is 0.350 e. The molecule has 7 heteroatoms. The van der Waals surface area contributed by atoms with Gasteiger partial charge in [0, 0.05) is 17.0 Å². The molecule has 1 N–H and O–H groups in total. The second-order valence-corrected chi connectivity index (χ2v) is 8.73. The molecule has 3 heterocycles. The molecule has 4 rings (SSSR count). The zero-order valence-corrected chi connectivity index (χ0v) is 17.5. The third kappa shape index (κ3) is 5.10. The number of carbonyl (C=O) groups is 1. The Morgan fingerprint density at radius 2 is 2.03 bits per heavy atom. The van der Waals surface area contributed by atoms with Gasteiger partial charge in [-0.1, -0.05) is 25.1 Å². The molecule has 6 nitrogen and oxygen atoms in total. The summed E-state index contributed by atoms with van der Waals surface area (Å²) in [6.07, 6.45) is 5.66. The number of amides is 1. The summed E-state index contributed by atoms with van der Waals surface area (Å²) in [6.45, 7) is 5.79. The number of aromatic nitrogens is 3. The quantitative estimate of drug-likeness (QED) is 0.648. The topological polar surface area (TPSA) is 63.1 Å². The summed E-state index contributed by atoms with van der Waals surface area (Å²) in [5, 5.41) is 9.39. The Labute approximate surface area is 175 Å². The van der Waals surface area contributed by atoms with Crippen LogP contribution in [0.2, 0.25) is 0 Å². The molecule has 1 saturated heterocycles. The lowest BCUT2D eigenvalue weighted by atomic mass is 9.97. The fourth-order valence-corrected chi connectivity index (χ4v) is 4.65. The van der Waals surface area contributed by atoms with Gasteiger partial charge in [-0.2, -0.15) is 5.10 Å². The van der Waals surface area contributed by atoms with Crippen molar-refractivity contribution in [1.29, 1.82) is 0 Å². The molecular formula is C22H27N5OS. The van der Waals surface area contributed by atoms with Gasteiger partial charge in [-0.3, -0.25) is 9.69 Å². The van der Waals surface area contributed by atoms with Crippen molar-refractivity contribution >= 4 is 17.2 Å². The fraction of sp³-hybridized carbons (Fsp3) is 0.409. The zero-order chi connectivity index (χ0) is 20.1. The molecule has 0 aliphatic carbocycles. The van der Waals surface area contributed by atoms with E-state index in [1.165, 1.54) is 24.0 Å². The number of nitrogens with one attached hydrogen (secondary N) is 1. The van der Waals surface area contributed by atoms with Gasteiger partial charge >= 0.3 is 0 Å². The van der Waals surface area contributed by atoms with E-state index in [2.05, 4.69) is 44.7 Å². The van der Waals surface area contributed by atoms with E-state index in [0.717, 1.165) is 24.6 Å². The highest BCUT2D eigenvalue weighted by molar-refractivity contribution is 7.10. The van der Waals surface area contributed by atoms with Crippen LogP contribution in [0.25, 0.3) is 0 Å². The number of carbonyl (C=O) groups excluding carboxylic acids is 1. The van der Waals surface area contributed by atoms with Gasteiger partial charge in [0.25, 0.3) is 5.91 Å². The Bertz CT molecular complexity index is 884. The maximum Gasteiger partial charge on any atom is 0.251 e. The van der Waals surface area contributed by atoms with Crippen LogP contribution < -0.4 is 5.32 Å². The minimum absolute atomic E-state index is 0.0239. The highest BCUT2D eigenvalue weighted by atomic mass is 32.1. The van der Waals surface area contributed by atoms with Gasteiger partial charge in [0.1, 0.15) is 12.7 Å². The average molecular weight is 410 g/mol. The molecule has 1 aliphatic heterocycles. The second kappa shape index (κ2) is 9.33. The number of hydrogen-bond donors (Lipinski definition) is 1. The monoisotopic (exact) mass is 409 g/mol. The Kier molecular flexibility index (Phi) is 6.36. The second-order valence-electron chi connectivity index (χ2n) is 7.75. The molecule has 0 unspecified atom stereocenters. The molecule has 3 aromatic rings. The predicted octanol–water partition coefficient (Wildman–Crippen LogP) is 3.59. The van der Waals surface area contributed by atoms with Gasteiger partial charge in [0.05, 0.1) is 12.6 Å². The van der Waals surface area contributed by atoms with E-state index in [1.807, 2.05) is 24.3 Å². The van der Waals surface area contributed by atoms with Crippen molar-refractivity contribution < 1.29 is 4.79 Å². The summed E-state index contributed by atoms with van der Waals surface area (Å²) in [5.41, 5.74) is 1.77. The first-order valence-corrected chi connectivity index (χ1v) is 11.0. The third-order valence-corrected chi connectivity index (χ3v) is 6.59. The Balaban J connectivity index is 1.37. The maximum absolute atomic E-state index is 12.7. The Hall–Kier alpha value is -2.51. The Morgan fingerprint density at radius 1 is 1.24 bits per heavy atom. The van der Waals surface area contributed by atoms with Crippen molar-refractivity contribution in [2.75, 3.05) is 19.6 Å². The lowest BCUT2D eigenvalue weighted by Gasteiger charge is -2.36. The van der Waals surface area contributed by atoms with Gasteiger partial charge in [-0.05, 0) is 61.0 Å². The molecule has 0 radical (unpaired) electrons. The number of thiophene rings is 1. The van der Waals surface area contributed by atoms with Crippen molar-refractivity contribution in [3.8, 4) is 0 Å². The molecule has 0 bridgehead atoms. The molecular weight excluding hydrogens is 382 g/mol. The van der Waals surface area contributed by atoms with E-state index in [-0.39, 0.29) is 11.9 Å². The van der Waals surface area contributed by atoms with Gasteiger partial charge in [0.2, 0.25) is 0 Å². The van der Waals surface area contributed by atoms with Crippen molar-refractivity contribution in [1.82, 2.24) is 25.0 Å². The number of nitrogens with zero attached hydrogens (tertiary/aromatic N) is 4. The minimum atomic E-state index is -0.0239. The van der Waals surface area contributed by atoms with E-state index in [1.54, 1.807) is 22.3 Å². The molecule has 152 valence electrons. The van der Waals surface area contributed by atoms with Crippen molar-refractivity contribution in [3.05, 3.63) is 70.4 Å². The summed E-state index contributed by atoms with van der Waals surface area (Å²) in [4.78, 5) is 20.5. The number of hydrogen-bond acceptors (Lipinski definition) is 5. The molecule has 0 saturated carbocycles. The summed E-state index contributed by atoms with van der Waals surface area (Å²) >= 11 is 1.77. The summed E-state index contributed by atoms with van der Waals surface area (Å²) in [6, 6.07) is 12.2. The van der Waals surface area contributed by atoms with Crippen LogP contribution in [0, 0.1) is 5.92 Å². The molecule has 29 heavy (non-hydrogen) atoms. The van der Waals surface area contributed by atoms with Gasteiger partial charge < -0.3 is 5.32 Å². The number of rotatable bonds is 7. The van der Waals surface area contributed by atoms with Crippen LogP contribution in [0.15, 0.2) is 54.4 Å². The van der Waals surface area contributed by atoms with Crippen LogP contribution >= 0.6 is 11.3 Å². The van der Waals surface area contributed by atoms with E-state index in [9.17, 15) is 4.79 Å². The van der Waals surface area contributed by atoms with Crippen LogP contribution in [0.5, 0.6) is 0 Å². The number of likely N-dealkylation sites (tertiary alicyclic amines) is 1. The third-order valence-electron chi connectivity index (χ3n) is 5.61. The zero-order valence-electron chi connectivity index (χ0n) is 16.7. The highest BCUT2D eigenvalue weighted by Crippen LogP contribution is 2.29. The van der Waals surface area contributed by atoms with Gasteiger partial charge in [-0.15, -0.1) is 11.3 Å².